The highest BCUT2D eigenvalue weighted by Crippen LogP contribution is 2.47. The predicted octanol–water partition coefficient (Wildman–Crippen LogP) is 8.75. The number of carbonyl (C=O) groups is 3. The first-order chi connectivity index (χ1) is 38.1. The number of benzene rings is 4. The van der Waals surface area contributed by atoms with Crippen LogP contribution in [-0.4, -0.2) is 97.5 Å². The summed E-state index contributed by atoms with van der Waals surface area (Å²) in [6.07, 6.45) is 13.3. The van der Waals surface area contributed by atoms with Gasteiger partial charge >= 0.3 is 0 Å². The molecule has 11 rings (SSSR count). The first-order valence-electron chi connectivity index (χ1n) is 24.9. The molecule has 3 N–H and O–H groups in total. The normalized spacial score (nSPS) is 18.5. The van der Waals surface area contributed by atoms with Gasteiger partial charge in [-0.15, -0.1) is 0 Å². The van der Waals surface area contributed by atoms with E-state index in [0.29, 0.717) is 44.3 Å². The molecule has 26 heteroatoms. The monoisotopic (exact) mass is 1200 g/mol. The summed E-state index contributed by atoms with van der Waals surface area (Å²) in [6.45, 7) is 5.52. The van der Waals surface area contributed by atoms with Gasteiger partial charge in [0.25, 0.3) is 31.9 Å². The third kappa shape index (κ3) is 10.6. The maximum Gasteiger partial charge on any atom is 0.260 e. The van der Waals surface area contributed by atoms with E-state index < -0.39 is 42.9 Å². The zero-order chi connectivity index (χ0) is 56.9. The molecular weight excluding hydrogens is 1150 g/mol. The van der Waals surface area contributed by atoms with Gasteiger partial charge < -0.3 is 5.73 Å². The summed E-state index contributed by atoms with van der Waals surface area (Å²) in [5.41, 5.74) is 8.66. The van der Waals surface area contributed by atoms with Crippen molar-refractivity contribution in [1.82, 2.24) is 48.1 Å². The maximum absolute atomic E-state index is 14.3. The molecule has 412 valence electrons. The molecule has 4 aromatic carbocycles. The number of piperidine rings is 1. The molecule has 0 saturated carbocycles. The van der Waals surface area contributed by atoms with Crippen LogP contribution in [0.3, 0.4) is 0 Å². The Balaban J connectivity index is 0.000000182. The Bertz CT molecular complexity index is 3890. The lowest BCUT2D eigenvalue weighted by atomic mass is 9.91. The average molecular weight is 1200 g/mol. The van der Waals surface area contributed by atoms with Crippen LogP contribution >= 0.6 is 46.4 Å². The number of nitrogens with two attached hydrogens (primary N) is 1. The number of amides is 3. The lowest BCUT2D eigenvalue weighted by Crippen LogP contribution is -2.45. The predicted molar refractivity (Wildman–Crippen MR) is 303 cm³/mol. The van der Waals surface area contributed by atoms with Gasteiger partial charge in [-0.25, -0.2) is 61.3 Å². The number of carbonyl (C=O) groups excluding carboxylic acids is 3. The van der Waals surface area contributed by atoms with Crippen molar-refractivity contribution in [3.8, 4) is 22.3 Å². The molecule has 0 bridgehead atoms. The summed E-state index contributed by atoms with van der Waals surface area (Å²) in [4.78, 5) is 67.8. The van der Waals surface area contributed by atoms with E-state index in [1.54, 1.807) is 82.0 Å². The fraction of sp³-hybridized carbons (Fsp3) is 0.241. The van der Waals surface area contributed by atoms with Gasteiger partial charge in [0.05, 0.1) is 23.8 Å². The van der Waals surface area contributed by atoms with E-state index in [2.05, 4.69) is 34.6 Å². The van der Waals surface area contributed by atoms with Crippen LogP contribution in [0.2, 0.25) is 20.1 Å². The van der Waals surface area contributed by atoms with Crippen LogP contribution in [0.1, 0.15) is 44.7 Å². The SMILES string of the molecule is CCNS(=O)(=O)c1cnc2n1[C@](C)(Cc1ccc(-c3cncnc3)cc1)C(=O)N2c1cc(Cl)cc(Cl)c1.C[C@@]1(Cc2ccc(-c3cncnc3)cc2)C(=O)N(c2cc(Cl)cc(Cl)c2)c2ncc(S(=O)(=O)N3CCC(C(N)=O)CC3)n21. The first kappa shape index (κ1) is 56.1. The van der Waals surface area contributed by atoms with E-state index in [1.807, 2.05) is 48.5 Å². The molecule has 1 saturated heterocycles. The van der Waals surface area contributed by atoms with Gasteiger partial charge in [-0.1, -0.05) is 102 Å². The molecule has 8 aromatic rings. The molecule has 0 spiro atoms. The van der Waals surface area contributed by atoms with Crippen molar-refractivity contribution in [1.29, 1.82) is 0 Å². The zero-order valence-corrected chi connectivity index (χ0v) is 47.6. The Morgan fingerprint density at radius 1 is 0.600 bits per heavy atom. The second kappa shape index (κ2) is 22.1. The molecule has 3 amide bonds. The number of nitrogens with zero attached hydrogens (tertiary/aromatic N) is 11. The summed E-state index contributed by atoms with van der Waals surface area (Å²) < 4.78 is 61.1. The third-order valence-electron chi connectivity index (χ3n) is 14.2. The lowest BCUT2D eigenvalue weighted by molar-refractivity contribution is -0.124. The Hall–Kier alpha value is -7.15. The van der Waals surface area contributed by atoms with Crippen molar-refractivity contribution in [2.45, 2.75) is 67.6 Å². The quantitative estimate of drug-likeness (QED) is 0.103. The summed E-state index contributed by atoms with van der Waals surface area (Å²) >= 11 is 25.0. The lowest BCUT2D eigenvalue weighted by Gasteiger charge is -2.31. The van der Waals surface area contributed by atoms with Gasteiger partial charge in [-0.05, 0) is 85.3 Å². The van der Waals surface area contributed by atoms with Crippen molar-refractivity contribution in [2.75, 3.05) is 29.4 Å². The number of aromatic nitrogens is 8. The maximum atomic E-state index is 14.3. The molecule has 0 unspecified atom stereocenters. The highest BCUT2D eigenvalue weighted by atomic mass is 35.5. The molecule has 3 aliphatic heterocycles. The molecule has 7 heterocycles. The van der Waals surface area contributed by atoms with E-state index >= 15 is 0 Å². The summed E-state index contributed by atoms with van der Waals surface area (Å²) in [5.74, 6) is -1.28. The van der Waals surface area contributed by atoms with Crippen LogP contribution in [0, 0.1) is 5.92 Å². The fourth-order valence-electron chi connectivity index (χ4n) is 10.3. The molecule has 2 atom stereocenters. The molecule has 80 heavy (non-hydrogen) atoms. The zero-order valence-electron chi connectivity index (χ0n) is 42.9. The number of sulfonamides is 2. The molecule has 1 fully saturated rings. The Kier molecular flexibility index (Phi) is 15.5. The molecule has 0 aliphatic carbocycles. The van der Waals surface area contributed by atoms with Crippen LogP contribution < -0.4 is 20.3 Å². The van der Waals surface area contributed by atoms with Crippen LogP contribution in [0.15, 0.2) is 145 Å². The minimum absolute atomic E-state index is 0.103. The van der Waals surface area contributed by atoms with E-state index in [0.717, 1.165) is 33.4 Å². The standard InChI is InChI=1S/C29H27Cl2N7O4S.C25H22Cl2N6O3S/c1-29(13-18-2-4-19(5-3-18)21-14-33-17-34-15-21)27(40)37(24-11-22(30)10-23(31)12-24)28-35-16-25(38(28)29)43(41,42)36-8-6-20(7-9-36)26(32)39;1-3-31-37(35,36)22-14-30-24-32(21-9-19(26)8-20(27)10-21)23(34)25(2,33(22)24)11-16-4-6-17(7-5-16)18-12-28-15-29-13-18/h2-5,10-12,14-17,20H,6-9,13H2,1H3,(H2,32,39);4-10,12-15,31H,3,11H2,1-2H3/t29-;25-/m11/s1. The van der Waals surface area contributed by atoms with Gasteiger partial charge in [0.2, 0.25) is 17.8 Å². The summed E-state index contributed by atoms with van der Waals surface area (Å²) in [6, 6.07) is 24.6. The molecule has 3 aliphatic rings. The van der Waals surface area contributed by atoms with Gasteiger partial charge in [0.1, 0.15) is 23.7 Å². The fourth-order valence-corrected chi connectivity index (χ4v) is 14.3. The Morgan fingerprint density at radius 3 is 1.38 bits per heavy atom. The van der Waals surface area contributed by atoms with Gasteiger partial charge in [0.15, 0.2) is 10.1 Å². The summed E-state index contributed by atoms with van der Waals surface area (Å²) in [5, 5.41) is 1.07. The van der Waals surface area contributed by atoms with Crippen LogP contribution in [-0.2, 0) is 58.3 Å². The average Bonchev–Trinajstić information content (AvgIpc) is 4.39. The number of anilines is 4. The van der Waals surface area contributed by atoms with E-state index in [-0.39, 0.29) is 66.2 Å². The van der Waals surface area contributed by atoms with Crippen molar-refractivity contribution >= 4 is 107 Å². The van der Waals surface area contributed by atoms with Crippen LogP contribution in [0.25, 0.3) is 22.3 Å². The second-order valence-corrected chi connectivity index (χ2v) is 25.0. The Morgan fingerprint density at radius 2 is 0.988 bits per heavy atom. The van der Waals surface area contributed by atoms with E-state index in [9.17, 15) is 31.2 Å². The van der Waals surface area contributed by atoms with Gasteiger partial charge in [-0.3, -0.25) is 23.5 Å². The van der Waals surface area contributed by atoms with Gasteiger partial charge in [-0.2, -0.15) is 4.31 Å². The molecular formula is C54H49Cl4N13O7S2. The first-order valence-corrected chi connectivity index (χ1v) is 29.3. The number of nitrogens with one attached hydrogen (secondary N) is 1. The molecule has 20 nitrogen and oxygen atoms in total. The molecule has 0 radical (unpaired) electrons. The van der Waals surface area contributed by atoms with Crippen LogP contribution in [0.4, 0.5) is 23.3 Å². The van der Waals surface area contributed by atoms with Crippen molar-refractivity contribution in [3.05, 3.63) is 166 Å². The topological polar surface area (TPSA) is 254 Å². The third-order valence-corrected chi connectivity index (χ3v) is 18.5. The highest BCUT2D eigenvalue weighted by molar-refractivity contribution is 7.89. The number of imidazole rings is 2. The van der Waals surface area contributed by atoms with E-state index in [4.69, 9.17) is 52.1 Å². The number of halogens is 4. The minimum atomic E-state index is -4.11. The molecule has 4 aromatic heterocycles. The minimum Gasteiger partial charge on any atom is -0.369 e. The highest BCUT2D eigenvalue weighted by Gasteiger charge is 2.54. The van der Waals surface area contributed by atoms with E-state index in [1.165, 1.54) is 48.3 Å². The number of primary amides is 1. The second-order valence-electron chi connectivity index (χ2n) is 19.6. The van der Waals surface area contributed by atoms with Crippen molar-refractivity contribution < 1.29 is 31.2 Å². The van der Waals surface area contributed by atoms with Crippen molar-refractivity contribution in [3.63, 3.8) is 0 Å². The van der Waals surface area contributed by atoms with Crippen molar-refractivity contribution in [2.24, 2.45) is 11.7 Å². The number of rotatable bonds is 14. The van der Waals surface area contributed by atoms with Gasteiger partial charge in [0, 0.05) is 94.4 Å². The largest absolute Gasteiger partial charge is 0.369 e. The Labute approximate surface area is 480 Å². The smallest absolute Gasteiger partial charge is 0.260 e. The van der Waals surface area contributed by atoms with Crippen LogP contribution in [0.5, 0.6) is 0 Å². The number of fused-ring (bicyclic) bond motifs is 2. The number of hydrogen-bond donors (Lipinski definition) is 2. The summed E-state index contributed by atoms with van der Waals surface area (Å²) in [7, 11) is -8.05. The number of hydrogen-bond acceptors (Lipinski definition) is 13.